The maximum absolute atomic E-state index is 13.3. The molecule has 0 spiro atoms. The molecule has 2 unspecified atom stereocenters. The Morgan fingerprint density at radius 3 is 2.49 bits per heavy atom. The van der Waals surface area contributed by atoms with Gasteiger partial charge in [-0.05, 0) is 30.7 Å². The second-order valence-electron chi connectivity index (χ2n) is 9.91. The molecule has 37 heavy (non-hydrogen) atoms. The third-order valence-electron chi connectivity index (χ3n) is 6.87. The number of amides is 2. The van der Waals surface area contributed by atoms with E-state index in [0.29, 0.717) is 25.3 Å². The molecule has 204 valence electrons. The van der Waals surface area contributed by atoms with Crippen molar-refractivity contribution >= 4 is 17.8 Å². The van der Waals surface area contributed by atoms with Gasteiger partial charge in [0, 0.05) is 25.9 Å². The molecule has 2 amide bonds. The van der Waals surface area contributed by atoms with Crippen LogP contribution in [0.4, 0.5) is 0 Å². The molecule has 0 radical (unpaired) electrons. The summed E-state index contributed by atoms with van der Waals surface area (Å²) in [7, 11) is 0. The van der Waals surface area contributed by atoms with Crippen molar-refractivity contribution in [2.24, 2.45) is 11.8 Å². The molecule has 2 N–H and O–H groups in total. The van der Waals surface area contributed by atoms with Crippen molar-refractivity contribution < 1.29 is 24.2 Å². The molecule has 1 aliphatic rings. The van der Waals surface area contributed by atoms with Gasteiger partial charge in [-0.2, -0.15) is 0 Å². The van der Waals surface area contributed by atoms with Crippen molar-refractivity contribution in [3.63, 3.8) is 0 Å². The molecule has 2 atom stereocenters. The first-order valence-electron chi connectivity index (χ1n) is 13.6. The average molecular weight is 513 g/mol. The second-order valence-corrected chi connectivity index (χ2v) is 9.91. The Kier molecular flexibility index (Phi) is 14.3. The van der Waals surface area contributed by atoms with E-state index in [0.717, 1.165) is 24.8 Å². The van der Waals surface area contributed by atoms with Crippen LogP contribution in [0, 0.1) is 11.8 Å². The number of ether oxygens (including phenoxy) is 1. The first kappa shape index (κ1) is 30.3. The van der Waals surface area contributed by atoms with Crippen LogP contribution in [0.25, 0.3) is 0 Å². The summed E-state index contributed by atoms with van der Waals surface area (Å²) in [4.78, 5) is 40.2. The smallest absolute Gasteiger partial charge is 0.306 e. The maximum Gasteiger partial charge on any atom is 0.306 e. The fraction of sp³-hybridized carbons (Fsp3) is 0.567. The second kappa shape index (κ2) is 17.5. The molecular formula is C30H44N2O5. The van der Waals surface area contributed by atoms with Gasteiger partial charge in [-0.25, -0.2) is 0 Å². The lowest BCUT2D eigenvalue weighted by Crippen LogP contribution is -2.44. The van der Waals surface area contributed by atoms with Crippen molar-refractivity contribution in [2.45, 2.75) is 76.8 Å². The fourth-order valence-corrected chi connectivity index (χ4v) is 4.84. The molecule has 7 nitrogen and oxygen atoms in total. The molecule has 0 saturated heterocycles. The minimum atomic E-state index is -0.590. The number of carbonyl (C=O) groups excluding carboxylic acids is 3. The summed E-state index contributed by atoms with van der Waals surface area (Å²) in [5.41, 5.74) is 0.958. The molecule has 0 aliphatic heterocycles. The highest BCUT2D eigenvalue weighted by Gasteiger charge is 2.28. The standard InChI is InChI=1S/C30H44N2O5/c1-3-5-17-29(35)37-23-27(20-24-13-8-6-9-14-24)31-30(36)26(12-4-2)21-28(34)32(18-19-33)22-25-15-10-7-11-16-25/h3-4,7,10-11,15-16,24,26-27,33H,1-2,5-6,8-9,12-14,17-23H2,(H,31,36). The van der Waals surface area contributed by atoms with Gasteiger partial charge >= 0.3 is 5.97 Å². The zero-order chi connectivity index (χ0) is 26.9. The summed E-state index contributed by atoms with van der Waals surface area (Å²) >= 11 is 0. The number of aliphatic hydroxyl groups is 1. The molecule has 0 bridgehead atoms. The van der Waals surface area contributed by atoms with E-state index in [4.69, 9.17) is 4.74 Å². The normalized spacial score (nSPS) is 15.3. The van der Waals surface area contributed by atoms with Crippen molar-refractivity contribution in [3.05, 3.63) is 61.2 Å². The zero-order valence-electron chi connectivity index (χ0n) is 22.1. The van der Waals surface area contributed by atoms with E-state index < -0.39 is 5.92 Å². The Morgan fingerprint density at radius 2 is 1.84 bits per heavy atom. The lowest BCUT2D eigenvalue weighted by atomic mass is 9.84. The van der Waals surface area contributed by atoms with Gasteiger partial charge in [0.15, 0.2) is 0 Å². The molecule has 1 aliphatic carbocycles. The third-order valence-corrected chi connectivity index (χ3v) is 6.87. The number of allylic oxidation sites excluding steroid dienone is 2. The Balaban J connectivity index is 2.04. The highest BCUT2D eigenvalue weighted by atomic mass is 16.5. The van der Waals surface area contributed by atoms with Crippen LogP contribution in [0.15, 0.2) is 55.6 Å². The van der Waals surface area contributed by atoms with E-state index in [2.05, 4.69) is 18.5 Å². The van der Waals surface area contributed by atoms with Gasteiger partial charge in [0.1, 0.15) is 6.61 Å². The van der Waals surface area contributed by atoms with Gasteiger partial charge in [-0.15, -0.1) is 13.2 Å². The molecular weight excluding hydrogens is 468 g/mol. The minimum absolute atomic E-state index is 0.0138. The number of nitrogens with zero attached hydrogens (tertiary/aromatic N) is 1. The zero-order valence-corrected chi connectivity index (χ0v) is 22.1. The minimum Gasteiger partial charge on any atom is -0.463 e. The first-order valence-corrected chi connectivity index (χ1v) is 13.6. The number of nitrogens with one attached hydrogen (secondary N) is 1. The lowest BCUT2D eigenvalue weighted by Gasteiger charge is -2.29. The average Bonchev–Trinajstić information content (AvgIpc) is 2.91. The number of rotatable bonds is 17. The number of carbonyl (C=O) groups is 3. The Morgan fingerprint density at radius 1 is 1.11 bits per heavy atom. The molecule has 1 aromatic carbocycles. The highest BCUT2D eigenvalue weighted by Crippen LogP contribution is 2.28. The summed E-state index contributed by atoms with van der Waals surface area (Å²) in [5, 5.41) is 12.6. The molecule has 7 heteroatoms. The van der Waals surface area contributed by atoms with Gasteiger partial charge in [0.25, 0.3) is 0 Å². The van der Waals surface area contributed by atoms with Crippen molar-refractivity contribution in [3.8, 4) is 0 Å². The van der Waals surface area contributed by atoms with E-state index in [1.807, 2.05) is 30.3 Å². The van der Waals surface area contributed by atoms with Crippen LogP contribution in [0.2, 0.25) is 0 Å². The quantitative estimate of drug-likeness (QED) is 0.236. The molecule has 1 fully saturated rings. The van der Waals surface area contributed by atoms with Crippen molar-refractivity contribution in [2.75, 3.05) is 19.8 Å². The molecule has 0 heterocycles. The van der Waals surface area contributed by atoms with Gasteiger partial charge in [0.05, 0.1) is 18.6 Å². The molecule has 1 saturated carbocycles. The van der Waals surface area contributed by atoms with E-state index in [9.17, 15) is 19.5 Å². The topological polar surface area (TPSA) is 95.9 Å². The van der Waals surface area contributed by atoms with Gasteiger partial charge in [-0.1, -0.05) is 74.6 Å². The molecule has 1 aromatic rings. The first-order chi connectivity index (χ1) is 18.0. The molecule has 2 rings (SSSR count). The van der Waals surface area contributed by atoms with E-state index in [1.54, 1.807) is 17.1 Å². The van der Waals surface area contributed by atoms with Gasteiger partial charge in [-0.3, -0.25) is 14.4 Å². The van der Waals surface area contributed by atoms with E-state index >= 15 is 0 Å². The SMILES string of the molecule is C=CCCC(=O)OCC(CC1CCCCC1)NC(=O)C(CC=C)CC(=O)N(CCO)Cc1ccccc1. The number of hydrogen-bond acceptors (Lipinski definition) is 5. The number of hydrogen-bond donors (Lipinski definition) is 2. The van der Waals surface area contributed by atoms with Gasteiger partial charge in [0.2, 0.25) is 11.8 Å². The van der Waals surface area contributed by atoms with Gasteiger partial charge < -0.3 is 20.1 Å². The predicted molar refractivity (Wildman–Crippen MR) is 145 cm³/mol. The van der Waals surface area contributed by atoms with Crippen molar-refractivity contribution in [1.29, 1.82) is 0 Å². The number of aliphatic hydroxyl groups excluding tert-OH is 1. The highest BCUT2D eigenvalue weighted by molar-refractivity contribution is 5.86. The molecule has 0 aromatic heterocycles. The fourth-order valence-electron chi connectivity index (χ4n) is 4.84. The Hall–Kier alpha value is -2.93. The van der Waals surface area contributed by atoms with Crippen LogP contribution in [0.5, 0.6) is 0 Å². The maximum atomic E-state index is 13.3. The van der Waals surface area contributed by atoms with Crippen LogP contribution in [0.1, 0.15) is 69.8 Å². The van der Waals surface area contributed by atoms with Crippen LogP contribution in [-0.4, -0.2) is 53.6 Å². The van der Waals surface area contributed by atoms with Crippen LogP contribution in [-0.2, 0) is 25.7 Å². The summed E-state index contributed by atoms with van der Waals surface area (Å²) < 4.78 is 5.48. The summed E-state index contributed by atoms with van der Waals surface area (Å²) in [6.45, 7) is 7.94. The monoisotopic (exact) mass is 512 g/mol. The lowest BCUT2D eigenvalue weighted by molar-refractivity contribution is -0.145. The summed E-state index contributed by atoms with van der Waals surface area (Å²) in [6.07, 6.45) is 11.1. The van der Waals surface area contributed by atoms with Crippen LogP contribution < -0.4 is 5.32 Å². The summed E-state index contributed by atoms with van der Waals surface area (Å²) in [6, 6.07) is 9.27. The third kappa shape index (κ3) is 11.8. The van der Waals surface area contributed by atoms with Crippen molar-refractivity contribution in [1.82, 2.24) is 10.2 Å². The largest absolute Gasteiger partial charge is 0.463 e. The summed E-state index contributed by atoms with van der Waals surface area (Å²) in [5.74, 6) is -0.843. The van der Waals surface area contributed by atoms with Crippen LogP contribution in [0.3, 0.4) is 0 Å². The Bertz CT molecular complexity index is 851. The number of esters is 1. The predicted octanol–water partition coefficient (Wildman–Crippen LogP) is 4.55. The Labute approximate surface area is 222 Å². The van der Waals surface area contributed by atoms with E-state index in [-0.39, 0.29) is 56.4 Å². The number of benzene rings is 1. The van der Waals surface area contributed by atoms with E-state index in [1.165, 1.54) is 19.3 Å². The van der Waals surface area contributed by atoms with Crippen LogP contribution >= 0.6 is 0 Å².